The average molecular weight is 353 g/mol. The van der Waals surface area contributed by atoms with E-state index in [1.54, 1.807) is 31.2 Å². The van der Waals surface area contributed by atoms with Crippen molar-refractivity contribution in [2.75, 3.05) is 17.7 Å². The smallest absolute Gasteiger partial charge is 0.340 e. The Labute approximate surface area is 130 Å². The van der Waals surface area contributed by atoms with Gasteiger partial charge in [-0.1, -0.05) is 6.07 Å². The Morgan fingerprint density at radius 2 is 2.14 bits per heavy atom. The molecule has 0 atom stereocenters. The van der Waals surface area contributed by atoms with Crippen molar-refractivity contribution >= 4 is 39.0 Å². The molecule has 2 aromatic carbocycles. The van der Waals surface area contributed by atoms with Crippen molar-refractivity contribution < 1.29 is 13.9 Å². The molecule has 0 radical (unpaired) electrons. The van der Waals surface area contributed by atoms with Crippen LogP contribution in [-0.4, -0.2) is 12.6 Å². The fraction of sp³-hybridized carbons (Fsp3) is 0.133. The first kappa shape index (κ1) is 15.3. The average Bonchev–Trinajstić information content (AvgIpc) is 2.44. The summed E-state index contributed by atoms with van der Waals surface area (Å²) in [5, 5.41) is 2.90. The molecule has 6 heteroatoms. The number of nitrogens with two attached hydrogens (primary N) is 1. The van der Waals surface area contributed by atoms with Gasteiger partial charge in [0.25, 0.3) is 0 Å². The first-order valence-corrected chi connectivity index (χ1v) is 7.10. The first-order chi connectivity index (χ1) is 10.0. The molecule has 0 heterocycles. The Kier molecular flexibility index (Phi) is 4.80. The molecular weight excluding hydrogens is 339 g/mol. The molecule has 0 bridgehead atoms. The van der Waals surface area contributed by atoms with Crippen molar-refractivity contribution in [2.45, 2.75) is 6.92 Å². The summed E-state index contributed by atoms with van der Waals surface area (Å²) in [5.41, 5.74) is 7.05. The molecule has 0 aliphatic heterocycles. The number of hydrogen-bond donors (Lipinski definition) is 2. The molecule has 0 saturated carbocycles. The number of anilines is 3. The predicted molar refractivity (Wildman–Crippen MR) is 84.2 cm³/mol. The van der Waals surface area contributed by atoms with Crippen LogP contribution in [-0.2, 0) is 4.74 Å². The maximum atomic E-state index is 13.9. The van der Waals surface area contributed by atoms with Crippen molar-refractivity contribution in [1.82, 2.24) is 0 Å². The van der Waals surface area contributed by atoms with Crippen molar-refractivity contribution in [2.24, 2.45) is 0 Å². The molecule has 0 aromatic heterocycles. The number of rotatable bonds is 4. The number of carbonyl (C=O) groups is 1. The highest BCUT2D eigenvalue weighted by Gasteiger charge is 2.15. The Hall–Kier alpha value is -2.08. The number of carbonyl (C=O) groups excluding carboxylic acids is 1. The number of ether oxygens (including phenoxy) is 1. The number of hydrogen-bond acceptors (Lipinski definition) is 4. The standard InChI is InChI=1S/C15H14BrFN2O2/c1-2-21-15(20)10-8-9(18)6-7-13(10)19-14-11(16)4-3-5-12(14)17/h3-8,19H,2,18H2,1H3. The quantitative estimate of drug-likeness (QED) is 0.642. The van der Waals surface area contributed by atoms with Gasteiger partial charge in [0.05, 0.1) is 23.5 Å². The SMILES string of the molecule is CCOC(=O)c1cc(N)ccc1Nc1c(F)cccc1Br. The highest BCUT2D eigenvalue weighted by molar-refractivity contribution is 9.10. The second-order valence-electron chi connectivity index (χ2n) is 4.25. The molecule has 0 aliphatic rings. The molecule has 0 amide bonds. The van der Waals surface area contributed by atoms with Crippen LogP contribution >= 0.6 is 15.9 Å². The van der Waals surface area contributed by atoms with Crippen LogP contribution in [0, 0.1) is 5.82 Å². The van der Waals surface area contributed by atoms with E-state index in [4.69, 9.17) is 10.5 Å². The number of nitrogens with one attached hydrogen (secondary N) is 1. The number of para-hydroxylation sites is 1. The van der Waals surface area contributed by atoms with Gasteiger partial charge < -0.3 is 15.8 Å². The highest BCUT2D eigenvalue weighted by atomic mass is 79.9. The van der Waals surface area contributed by atoms with Gasteiger partial charge in [-0.2, -0.15) is 0 Å². The van der Waals surface area contributed by atoms with Crippen LogP contribution < -0.4 is 11.1 Å². The van der Waals surface area contributed by atoms with Gasteiger partial charge in [0.1, 0.15) is 5.82 Å². The van der Waals surface area contributed by atoms with Gasteiger partial charge in [0.15, 0.2) is 0 Å². The summed E-state index contributed by atoms with van der Waals surface area (Å²) >= 11 is 3.27. The lowest BCUT2D eigenvalue weighted by Gasteiger charge is -2.14. The van der Waals surface area contributed by atoms with Crippen molar-refractivity contribution in [1.29, 1.82) is 0 Å². The molecule has 0 fully saturated rings. The minimum atomic E-state index is -0.514. The lowest BCUT2D eigenvalue weighted by atomic mass is 10.1. The molecular formula is C15H14BrFN2O2. The van der Waals surface area contributed by atoms with Crippen LogP contribution in [0.5, 0.6) is 0 Å². The lowest BCUT2D eigenvalue weighted by Crippen LogP contribution is -2.09. The van der Waals surface area contributed by atoms with Gasteiger partial charge in [0, 0.05) is 10.2 Å². The molecule has 2 aromatic rings. The molecule has 110 valence electrons. The Balaban J connectivity index is 2.42. The van der Waals surface area contributed by atoms with Crippen LogP contribution in [0.1, 0.15) is 17.3 Å². The maximum absolute atomic E-state index is 13.9. The van der Waals surface area contributed by atoms with E-state index < -0.39 is 11.8 Å². The number of nitrogen functional groups attached to an aromatic ring is 1. The number of esters is 1. The van der Waals surface area contributed by atoms with E-state index in [-0.39, 0.29) is 17.9 Å². The number of halogens is 2. The van der Waals surface area contributed by atoms with Gasteiger partial charge in [-0.05, 0) is 53.2 Å². The molecule has 0 spiro atoms. The summed E-state index contributed by atoms with van der Waals surface area (Å²) in [4.78, 5) is 12.0. The largest absolute Gasteiger partial charge is 0.462 e. The van der Waals surface area contributed by atoms with Gasteiger partial charge in [0.2, 0.25) is 0 Å². The molecule has 0 aliphatic carbocycles. The first-order valence-electron chi connectivity index (χ1n) is 6.30. The van der Waals surface area contributed by atoms with Gasteiger partial charge in [-0.25, -0.2) is 9.18 Å². The lowest BCUT2D eigenvalue weighted by molar-refractivity contribution is 0.0527. The molecule has 0 unspecified atom stereocenters. The molecule has 21 heavy (non-hydrogen) atoms. The van der Waals surface area contributed by atoms with E-state index in [0.717, 1.165) is 0 Å². The van der Waals surface area contributed by atoms with Crippen molar-refractivity contribution in [3.05, 3.63) is 52.3 Å². The summed E-state index contributed by atoms with van der Waals surface area (Å²) in [6.45, 7) is 1.96. The molecule has 3 N–H and O–H groups in total. The fourth-order valence-corrected chi connectivity index (χ4v) is 2.24. The zero-order valence-electron chi connectivity index (χ0n) is 11.3. The monoisotopic (exact) mass is 352 g/mol. The van der Waals surface area contributed by atoms with Crippen molar-refractivity contribution in [3.63, 3.8) is 0 Å². The van der Waals surface area contributed by atoms with Crippen LogP contribution in [0.4, 0.5) is 21.5 Å². The third-order valence-corrected chi connectivity index (χ3v) is 3.42. The summed E-state index contributed by atoms with van der Waals surface area (Å²) in [6, 6.07) is 9.34. The van der Waals surface area contributed by atoms with E-state index in [1.165, 1.54) is 12.1 Å². The Morgan fingerprint density at radius 3 is 2.81 bits per heavy atom. The van der Waals surface area contributed by atoms with E-state index in [1.807, 2.05) is 0 Å². The maximum Gasteiger partial charge on any atom is 0.340 e. The third kappa shape index (κ3) is 3.52. The van der Waals surface area contributed by atoms with Crippen LogP contribution in [0.25, 0.3) is 0 Å². The summed E-state index contributed by atoms with van der Waals surface area (Å²) in [6.07, 6.45) is 0. The number of benzene rings is 2. The molecule has 2 rings (SSSR count). The predicted octanol–water partition coefficient (Wildman–Crippen LogP) is 4.09. The normalized spacial score (nSPS) is 10.2. The zero-order valence-corrected chi connectivity index (χ0v) is 12.9. The van der Waals surface area contributed by atoms with Crippen LogP contribution in [0.15, 0.2) is 40.9 Å². The fourth-order valence-electron chi connectivity index (χ4n) is 1.80. The highest BCUT2D eigenvalue weighted by Crippen LogP contribution is 2.31. The molecule has 0 saturated heterocycles. The Morgan fingerprint density at radius 1 is 1.38 bits per heavy atom. The zero-order chi connectivity index (χ0) is 15.4. The van der Waals surface area contributed by atoms with E-state index in [9.17, 15) is 9.18 Å². The Bertz CT molecular complexity index is 656. The third-order valence-electron chi connectivity index (χ3n) is 2.76. The second-order valence-corrected chi connectivity index (χ2v) is 5.10. The van der Waals surface area contributed by atoms with E-state index in [0.29, 0.717) is 15.8 Å². The van der Waals surface area contributed by atoms with E-state index in [2.05, 4.69) is 21.2 Å². The molecule has 4 nitrogen and oxygen atoms in total. The minimum Gasteiger partial charge on any atom is -0.462 e. The van der Waals surface area contributed by atoms with Gasteiger partial charge >= 0.3 is 5.97 Å². The summed E-state index contributed by atoms with van der Waals surface area (Å²) in [7, 11) is 0. The van der Waals surface area contributed by atoms with Gasteiger partial charge in [-0.15, -0.1) is 0 Å². The van der Waals surface area contributed by atoms with Crippen LogP contribution in [0.3, 0.4) is 0 Å². The minimum absolute atomic E-state index is 0.243. The van der Waals surface area contributed by atoms with Gasteiger partial charge in [-0.3, -0.25) is 0 Å². The van der Waals surface area contributed by atoms with Crippen LogP contribution in [0.2, 0.25) is 0 Å². The topological polar surface area (TPSA) is 64.3 Å². The second kappa shape index (κ2) is 6.58. The summed E-state index contributed by atoms with van der Waals surface area (Å²) in [5.74, 6) is -0.948. The van der Waals surface area contributed by atoms with E-state index >= 15 is 0 Å². The summed E-state index contributed by atoms with van der Waals surface area (Å²) < 4.78 is 19.4. The van der Waals surface area contributed by atoms with Crippen molar-refractivity contribution in [3.8, 4) is 0 Å².